The second-order valence-electron chi connectivity index (χ2n) is 5.65. The molecule has 1 aliphatic carbocycles. The third kappa shape index (κ3) is 3.81. The summed E-state index contributed by atoms with van der Waals surface area (Å²) in [5.74, 6) is 0.617. The molecule has 0 saturated heterocycles. The molecule has 21 heavy (non-hydrogen) atoms. The fourth-order valence-corrected chi connectivity index (χ4v) is 3.64. The van der Waals surface area contributed by atoms with Crippen LogP contribution in [0.25, 0.3) is 0 Å². The predicted octanol–water partition coefficient (Wildman–Crippen LogP) is 3.37. The van der Waals surface area contributed by atoms with Crippen molar-refractivity contribution in [1.29, 1.82) is 0 Å². The van der Waals surface area contributed by atoms with Gasteiger partial charge in [-0.25, -0.2) is 9.78 Å². The van der Waals surface area contributed by atoms with Gasteiger partial charge < -0.3 is 10.1 Å². The zero-order valence-electron chi connectivity index (χ0n) is 12.8. The number of hydrogen-bond acceptors (Lipinski definition) is 6. The van der Waals surface area contributed by atoms with Crippen molar-refractivity contribution in [2.24, 2.45) is 11.8 Å². The molecule has 2 unspecified atom stereocenters. The molecule has 2 atom stereocenters. The molecule has 6 heteroatoms. The maximum absolute atomic E-state index is 11.7. The lowest BCUT2D eigenvalue weighted by Gasteiger charge is -2.28. The summed E-state index contributed by atoms with van der Waals surface area (Å²) in [6.07, 6.45) is 5.09. The van der Waals surface area contributed by atoms with E-state index in [4.69, 9.17) is 0 Å². The van der Waals surface area contributed by atoms with Crippen molar-refractivity contribution in [3.63, 3.8) is 0 Å². The number of rotatable bonds is 5. The van der Waals surface area contributed by atoms with Crippen molar-refractivity contribution in [3.05, 3.63) is 10.6 Å². The van der Waals surface area contributed by atoms with E-state index >= 15 is 0 Å². The van der Waals surface area contributed by atoms with Crippen molar-refractivity contribution >= 4 is 28.2 Å². The minimum Gasteiger partial charge on any atom is -0.464 e. The molecule has 116 valence electrons. The van der Waals surface area contributed by atoms with Crippen molar-refractivity contribution < 1.29 is 14.3 Å². The molecule has 0 radical (unpaired) electrons. The second-order valence-corrected chi connectivity index (χ2v) is 6.65. The smallest absolute Gasteiger partial charge is 0.358 e. The fraction of sp³-hybridized carbons (Fsp3) is 0.667. The summed E-state index contributed by atoms with van der Waals surface area (Å²) in [6.45, 7) is 4.56. The lowest BCUT2D eigenvalue weighted by atomic mass is 9.80. The average Bonchev–Trinajstić information content (AvgIpc) is 2.90. The van der Waals surface area contributed by atoms with E-state index in [0.717, 1.165) is 6.54 Å². The summed E-state index contributed by atoms with van der Waals surface area (Å²) in [5, 5.41) is 3.91. The number of esters is 1. The van der Waals surface area contributed by atoms with Gasteiger partial charge in [0.1, 0.15) is 4.88 Å². The maximum atomic E-state index is 11.7. The topological polar surface area (TPSA) is 68.3 Å². The van der Waals surface area contributed by atoms with Crippen LogP contribution in [0.5, 0.6) is 0 Å². The molecule has 1 saturated carbocycles. The Morgan fingerprint density at radius 1 is 1.38 bits per heavy atom. The van der Waals surface area contributed by atoms with Gasteiger partial charge in [-0.1, -0.05) is 37.5 Å². The number of ketones is 1. The average molecular weight is 310 g/mol. The van der Waals surface area contributed by atoms with Gasteiger partial charge in [0.25, 0.3) is 0 Å². The summed E-state index contributed by atoms with van der Waals surface area (Å²) in [5.41, 5.74) is 0.120. The van der Waals surface area contributed by atoms with Gasteiger partial charge in [-0.05, 0) is 18.3 Å². The van der Waals surface area contributed by atoms with Gasteiger partial charge in [-0.15, -0.1) is 0 Å². The van der Waals surface area contributed by atoms with E-state index in [0.29, 0.717) is 21.8 Å². The molecule has 1 aromatic rings. The molecule has 1 aliphatic rings. The molecule has 0 spiro atoms. The lowest BCUT2D eigenvalue weighted by molar-refractivity contribution is 0.0591. The van der Waals surface area contributed by atoms with E-state index in [9.17, 15) is 9.59 Å². The van der Waals surface area contributed by atoms with E-state index in [1.165, 1.54) is 51.1 Å². The van der Waals surface area contributed by atoms with Gasteiger partial charge in [-0.3, -0.25) is 4.79 Å². The third-order valence-electron chi connectivity index (χ3n) is 4.13. The molecular weight excluding hydrogens is 288 g/mol. The minimum atomic E-state index is -0.560. The summed E-state index contributed by atoms with van der Waals surface area (Å²) >= 11 is 1.23. The first-order valence-electron chi connectivity index (χ1n) is 7.37. The summed E-state index contributed by atoms with van der Waals surface area (Å²) in [4.78, 5) is 27.8. The number of ether oxygens (including phenoxy) is 1. The van der Waals surface area contributed by atoms with Crippen LogP contribution < -0.4 is 5.32 Å². The molecule has 5 nitrogen and oxygen atoms in total. The Morgan fingerprint density at radius 3 is 2.71 bits per heavy atom. The number of carbonyl (C=O) groups is 2. The standard InChI is InChI=1S/C15H22N2O3S/c1-9-6-4-5-7-11(9)8-16-15-17-12(14(19)20-3)13(21-15)10(2)18/h9,11H,4-8H2,1-3H3,(H,16,17). The highest BCUT2D eigenvalue weighted by Crippen LogP contribution is 2.31. The minimum absolute atomic E-state index is 0.120. The van der Waals surface area contributed by atoms with E-state index < -0.39 is 5.97 Å². The van der Waals surface area contributed by atoms with Crippen LogP contribution in [0.2, 0.25) is 0 Å². The van der Waals surface area contributed by atoms with Gasteiger partial charge in [0, 0.05) is 13.5 Å². The van der Waals surface area contributed by atoms with Crippen molar-refractivity contribution in [1.82, 2.24) is 4.98 Å². The summed E-state index contributed by atoms with van der Waals surface area (Å²) in [7, 11) is 1.29. The number of aromatic nitrogens is 1. The Morgan fingerprint density at radius 2 is 2.10 bits per heavy atom. The first-order chi connectivity index (χ1) is 10.0. The first kappa shape index (κ1) is 15.9. The molecule has 2 rings (SSSR count). The number of anilines is 1. The molecule has 1 heterocycles. The Kier molecular flexibility index (Phi) is 5.33. The fourth-order valence-electron chi connectivity index (χ4n) is 2.78. The largest absolute Gasteiger partial charge is 0.464 e. The highest BCUT2D eigenvalue weighted by Gasteiger charge is 2.24. The van der Waals surface area contributed by atoms with Crippen LogP contribution in [0.4, 0.5) is 5.13 Å². The molecule has 1 aromatic heterocycles. The van der Waals surface area contributed by atoms with Crippen molar-refractivity contribution in [2.45, 2.75) is 39.5 Å². The number of nitrogens with one attached hydrogen (secondary N) is 1. The molecule has 0 aliphatic heterocycles. The van der Waals surface area contributed by atoms with Crippen LogP contribution in [-0.2, 0) is 4.74 Å². The van der Waals surface area contributed by atoms with Gasteiger partial charge in [0.2, 0.25) is 0 Å². The normalized spacial score (nSPS) is 21.9. The van der Waals surface area contributed by atoms with Crippen LogP contribution in [0.15, 0.2) is 0 Å². The Balaban J connectivity index is 2.06. The number of thiazole rings is 1. The molecule has 1 fully saturated rings. The maximum Gasteiger partial charge on any atom is 0.358 e. The van der Waals surface area contributed by atoms with Crippen LogP contribution in [0.3, 0.4) is 0 Å². The zero-order chi connectivity index (χ0) is 15.4. The summed E-state index contributed by atoms with van der Waals surface area (Å²) in [6, 6.07) is 0. The van der Waals surface area contributed by atoms with E-state index in [1.807, 2.05) is 0 Å². The number of nitrogens with zero attached hydrogens (tertiary/aromatic N) is 1. The third-order valence-corrected chi connectivity index (χ3v) is 5.24. The number of carbonyl (C=O) groups excluding carboxylic acids is 2. The molecule has 0 bridgehead atoms. The highest BCUT2D eigenvalue weighted by molar-refractivity contribution is 7.17. The SMILES string of the molecule is COC(=O)c1nc(NCC2CCCCC2C)sc1C(C)=O. The van der Waals surface area contributed by atoms with Crippen molar-refractivity contribution in [3.8, 4) is 0 Å². The first-order valence-corrected chi connectivity index (χ1v) is 8.18. The number of methoxy groups -OCH3 is 1. The van der Waals surface area contributed by atoms with Gasteiger partial charge in [0.15, 0.2) is 16.6 Å². The van der Waals surface area contributed by atoms with Gasteiger partial charge in [-0.2, -0.15) is 0 Å². The van der Waals surface area contributed by atoms with Crippen LogP contribution >= 0.6 is 11.3 Å². The Hall–Kier alpha value is -1.43. The Bertz CT molecular complexity index is 527. The second kappa shape index (κ2) is 7.02. The molecule has 1 N–H and O–H groups in total. The van der Waals surface area contributed by atoms with E-state index in [2.05, 4.69) is 22.0 Å². The van der Waals surface area contributed by atoms with Crippen LogP contribution in [-0.4, -0.2) is 30.4 Å². The van der Waals surface area contributed by atoms with Crippen LogP contribution in [0.1, 0.15) is 59.7 Å². The number of Topliss-reactive ketones (excluding diaryl/α,β-unsaturated/α-hetero) is 1. The molecular formula is C15H22N2O3S. The predicted molar refractivity (Wildman–Crippen MR) is 83.1 cm³/mol. The molecule has 0 amide bonds. The number of hydrogen-bond donors (Lipinski definition) is 1. The van der Waals surface area contributed by atoms with Crippen molar-refractivity contribution in [2.75, 3.05) is 19.0 Å². The van der Waals surface area contributed by atoms with E-state index in [-0.39, 0.29) is 11.5 Å². The highest BCUT2D eigenvalue weighted by atomic mass is 32.1. The van der Waals surface area contributed by atoms with E-state index in [1.54, 1.807) is 0 Å². The summed E-state index contributed by atoms with van der Waals surface area (Å²) < 4.78 is 4.68. The quantitative estimate of drug-likeness (QED) is 0.667. The molecule has 0 aromatic carbocycles. The van der Waals surface area contributed by atoms with Crippen LogP contribution in [0, 0.1) is 11.8 Å². The zero-order valence-corrected chi connectivity index (χ0v) is 13.6. The Labute approximate surface area is 129 Å². The lowest BCUT2D eigenvalue weighted by Crippen LogP contribution is -2.24. The van der Waals surface area contributed by atoms with Gasteiger partial charge in [0.05, 0.1) is 7.11 Å². The monoisotopic (exact) mass is 310 g/mol. The van der Waals surface area contributed by atoms with Gasteiger partial charge >= 0.3 is 5.97 Å².